The second kappa shape index (κ2) is 6.93. The van der Waals surface area contributed by atoms with Gasteiger partial charge in [0.2, 0.25) is 6.79 Å². The lowest BCUT2D eigenvalue weighted by atomic mass is 9.93. The highest BCUT2D eigenvalue weighted by Crippen LogP contribution is 2.37. The van der Waals surface area contributed by atoms with Gasteiger partial charge in [-0.2, -0.15) is 0 Å². The number of piperidine rings is 2. The van der Waals surface area contributed by atoms with Crippen LogP contribution >= 0.6 is 0 Å². The van der Waals surface area contributed by atoms with Crippen molar-refractivity contribution >= 4 is 5.69 Å². The minimum atomic E-state index is 0.354. The van der Waals surface area contributed by atoms with Crippen LogP contribution in [0.5, 0.6) is 11.5 Å². The molecule has 1 aromatic carbocycles. The third-order valence-electron chi connectivity index (χ3n) is 6.92. The number of hydrogen-bond acceptors (Lipinski definition) is 5. The summed E-state index contributed by atoms with van der Waals surface area (Å²) in [7, 11) is 0. The Morgan fingerprint density at radius 3 is 2.50 bits per heavy atom. The first-order valence-corrected chi connectivity index (χ1v) is 10.4. The fraction of sp³-hybridized carbons (Fsp3) is 0.714. The Kier molecular flexibility index (Phi) is 4.45. The van der Waals surface area contributed by atoms with Crippen LogP contribution < -0.4 is 14.4 Å². The van der Waals surface area contributed by atoms with Gasteiger partial charge < -0.3 is 14.4 Å². The number of benzene rings is 1. The van der Waals surface area contributed by atoms with Crippen LogP contribution in [0.4, 0.5) is 5.69 Å². The van der Waals surface area contributed by atoms with Crippen LogP contribution in [0, 0.1) is 0 Å². The van der Waals surface area contributed by atoms with E-state index in [4.69, 9.17) is 9.47 Å². The first-order valence-electron chi connectivity index (χ1n) is 10.4. The van der Waals surface area contributed by atoms with Crippen LogP contribution in [-0.4, -0.2) is 67.4 Å². The molecule has 3 fully saturated rings. The van der Waals surface area contributed by atoms with Crippen LogP contribution in [0.2, 0.25) is 0 Å². The van der Waals surface area contributed by atoms with Crippen molar-refractivity contribution in [3.63, 3.8) is 0 Å². The summed E-state index contributed by atoms with van der Waals surface area (Å²) in [6.45, 7) is 8.97. The zero-order valence-electron chi connectivity index (χ0n) is 15.9. The van der Waals surface area contributed by atoms with Crippen molar-refractivity contribution in [1.82, 2.24) is 9.80 Å². The zero-order chi connectivity index (χ0) is 17.5. The van der Waals surface area contributed by atoms with Crippen molar-refractivity contribution < 1.29 is 9.47 Å². The summed E-state index contributed by atoms with van der Waals surface area (Å²) in [5.74, 6) is 1.77. The lowest BCUT2D eigenvalue weighted by Crippen LogP contribution is -2.65. The molecule has 4 heterocycles. The van der Waals surface area contributed by atoms with Gasteiger partial charge in [0.1, 0.15) is 0 Å². The molecule has 0 saturated carbocycles. The molecule has 0 spiro atoms. The number of fused-ring (bicyclic) bond motifs is 1. The van der Waals surface area contributed by atoms with E-state index in [1.54, 1.807) is 0 Å². The van der Waals surface area contributed by atoms with Gasteiger partial charge in [0.05, 0.1) is 0 Å². The molecule has 0 radical (unpaired) electrons. The molecule has 1 aromatic rings. The summed E-state index contributed by atoms with van der Waals surface area (Å²) in [5.41, 5.74) is 1.27. The van der Waals surface area contributed by atoms with Crippen LogP contribution in [0.15, 0.2) is 18.2 Å². The van der Waals surface area contributed by atoms with E-state index in [9.17, 15) is 0 Å². The van der Waals surface area contributed by atoms with Gasteiger partial charge in [0, 0.05) is 56.1 Å². The molecule has 1 atom stereocenters. The van der Waals surface area contributed by atoms with Crippen LogP contribution in [0.1, 0.15) is 39.0 Å². The molecule has 0 bridgehead atoms. The van der Waals surface area contributed by atoms with Gasteiger partial charge in [-0.1, -0.05) is 6.42 Å². The molecule has 0 aliphatic carbocycles. The van der Waals surface area contributed by atoms with Crippen LogP contribution in [-0.2, 0) is 0 Å². The molecule has 5 nitrogen and oxygen atoms in total. The Morgan fingerprint density at radius 1 is 0.885 bits per heavy atom. The number of likely N-dealkylation sites (tertiary alicyclic amines) is 2. The largest absolute Gasteiger partial charge is 0.454 e. The molecule has 0 unspecified atom stereocenters. The predicted molar refractivity (Wildman–Crippen MR) is 103 cm³/mol. The van der Waals surface area contributed by atoms with Gasteiger partial charge in [-0.25, -0.2) is 0 Å². The smallest absolute Gasteiger partial charge is 0.231 e. The monoisotopic (exact) mass is 357 g/mol. The fourth-order valence-electron chi connectivity index (χ4n) is 5.23. The Labute approximate surface area is 156 Å². The maximum atomic E-state index is 5.53. The summed E-state index contributed by atoms with van der Waals surface area (Å²) < 4.78 is 11.0. The summed E-state index contributed by atoms with van der Waals surface area (Å²) in [6.07, 6.45) is 6.76. The molecule has 0 N–H and O–H groups in total. The second-order valence-electron chi connectivity index (χ2n) is 8.45. The standard InChI is InChI=1S/C21H31N3O2/c1-16-4-2-3-9-24(16)19-13-23(14-19)17-7-10-22(11-8-17)18-5-6-20-21(12-18)26-15-25-20/h5-6,12,16-17,19H,2-4,7-11,13-15H2,1H3/t16-/m0/s1. The summed E-state index contributed by atoms with van der Waals surface area (Å²) in [4.78, 5) is 8.02. The van der Waals surface area contributed by atoms with Gasteiger partial charge in [-0.3, -0.25) is 9.80 Å². The molecule has 0 amide bonds. The molecule has 26 heavy (non-hydrogen) atoms. The van der Waals surface area contributed by atoms with E-state index in [1.807, 2.05) is 6.07 Å². The van der Waals surface area contributed by atoms with Crippen LogP contribution in [0.25, 0.3) is 0 Å². The van der Waals surface area contributed by atoms with Crippen molar-refractivity contribution in [2.75, 3.05) is 44.4 Å². The Bertz CT molecular complexity index is 638. The topological polar surface area (TPSA) is 28.2 Å². The quantitative estimate of drug-likeness (QED) is 0.829. The molecular weight excluding hydrogens is 326 g/mol. The normalized spacial score (nSPS) is 28.3. The van der Waals surface area contributed by atoms with E-state index < -0.39 is 0 Å². The number of rotatable bonds is 3. The van der Waals surface area contributed by atoms with Crippen molar-refractivity contribution in [2.45, 2.75) is 57.2 Å². The molecule has 142 valence electrons. The predicted octanol–water partition coefficient (Wildman–Crippen LogP) is 2.94. The van der Waals surface area contributed by atoms with E-state index in [0.29, 0.717) is 6.79 Å². The van der Waals surface area contributed by atoms with Crippen LogP contribution in [0.3, 0.4) is 0 Å². The fourth-order valence-corrected chi connectivity index (χ4v) is 5.23. The van der Waals surface area contributed by atoms with Gasteiger partial charge >= 0.3 is 0 Å². The maximum Gasteiger partial charge on any atom is 0.231 e. The third kappa shape index (κ3) is 3.05. The average Bonchev–Trinajstić information content (AvgIpc) is 3.10. The third-order valence-corrected chi connectivity index (χ3v) is 6.92. The van der Waals surface area contributed by atoms with Gasteiger partial charge in [-0.15, -0.1) is 0 Å². The first-order chi connectivity index (χ1) is 12.8. The zero-order valence-corrected chi connectivity index (χ0v) is 15.9. The highest BCUT2D eigenvalue weighted by molar-refractivity contribution is 5.57. The summed E-state index contributed by atoms with van der Waals surface area (Å²) >= 11 is 0. The molecule has 4 aliphatic heterocycles. The van der Waals surface area contributed by atoms with Gasteiger partial charge in [0.25, 0.3) is 0 Å². The Balaban J connectivity index is 1.12. The van der Waals surface area contributed by atoms with E-state index in [1.165, 1.54) is 57.4 Å². The molecule has 5 rings (SSSR count). The average molecular weight is 357 g/mol. The molecule has 3 saturated heterocycles. The van der Waals surface area contributed by atoms with Crippen molar-refractivity contribution in [3.05, 3.63) is 18.2 Å². The lowest BCUT2D eigenvalue weighted by molar-refractivity contribution is -0.0285. The van der Waals surface area contributed by atoms with E-state index in [-0.39, 0.29) is 0 Å². The second-order valence-corrected chi connectivity index (χ2v) is 8.45. The van der Waals surface area contributed by atoms with E-state index in [2.05, 4.69) is 33.8 Å². The van der Waals surface area contributed by atoms with Crippen molar-refractivity contribution in [3.8, 4) is 11.5 Å². The lowest BCUT2D eigenvalue weighted by Gasteiger charge is -2.53. The van der Waals surface area contributed by atoms with Gasteiger partial charge in [-0.05, 0) is 51.3 Å². The summed E-state index contributed by atoms with van der Waals surface area (Å²) in [5, 5.41) is 0. The first kappa shape index (κ1) is 16.7. The number of anilines is 1. The number of ether oxygens (including phenoxy) is 2. The number of nitrogens with zero attached hydrogens (tertiary/aromatic N) is 3. The van der Waals surface area contributed by atoms with Crippen molar-refractivity contribution in [2.24, 2.45) is 0 Å². The highest BCUT2D eigenvalue weighted by Gasteiger charge is 2.39. The van der Waals surface area contributed by atoms with E-state index in [0.717, 1.165) is 42.7 Å². The summed E-state index contributed by atoms with van der Waals surface area (Å²) in [6, 6.07) is 8.74. The maximum absolute atomic E-state index is 5.53. The minimum Gasteiger partial charge on any atom is -0.454 e. The Hall–Kier alpha value is -1.46. The molecular formula is C21H31N3O2. The highest BCUT2D eigenvalue weighted by atomic mass is 16.7. The number of hydrogen-bond donors (Lipinski definition) is 0. The molecule has 5 heteroatoms. The van der Waals surface area contributed by atoms with Crippen molar-refractivity contribution in [1.29, 1.82) is 0 Å². The van der Waals surface area contributed by atoms with E-state index >= 15 is 0 Å². The molecule has 0 aromatic heterocycles. The van der Waals surface area contributed by atoms with Gasteiger partial charge in [0.15, 0.2) is 11.5 Å². The molecule has 4 aliphatic rings. The minimum absolute atomic E-state index is 0.354. The SMILES string of the molecule is C[C@H]1CCCCN1C1CN(C2CCN(c3ccc4c(c3)OCO4)CC2)C1. The Morgan fingerprint density at radius 2 is 1.69 bits per heavy atom.